The summed E-state index contributed by atoms with van der Waals surface area (Å²) < 4.78 is 22.9. The highest BCUT2D eigenvalue weighted by Gasteiger charge is 2.41. The Bertz CT molecular complexity index is 326. The molecule has 0 spiro atoms. The van der Waals surface area contributed by atoms with Crippen LogP contribution in [-0.2, 0) is 9.84 Å². The summed E-state index contributed by atoms with van der Waals surface area (Å²) in [5.41, 5.74) is 0.0471. The minimum absolute atomic E-state index is 0.0471. The fourth-order valence-electron chi connectivity index (χ4n) is 1.43. The van der Waals surface area contributed by atoms with Crippen LogP contribution in [0.5, 0.6) is 0 Å². The topological polar surface area (TPSA) is 66.4 Å². The van der Waals surface area contributed by atoms with Crippen LogP contribution in [0.25, 0.3) is 0 Å². The van der Waals surface area contributed by atoms with Crippen LogP contribution in [0.3, 0.4) is 0 Å². The maximum Gasteiger partial charge on any atom is 0.156 e. The van der Waals surface area contributed by atoms with Crippen molar-refractivity contribution in [2.45, 2.75) is 38.4 Å². The van der Waals surface area contributed by atoms with Crippen LogP contribution in [0.2, 0.25) is 0 Å². The van der Waals surface area contributed by atoms with Crippen molar-refractivity contribution in [1.29, 1.82) is 0 Å². The van der Waals surface area contributed by atoms with E-state index in [1.165, 1.54) is 0 Å². The number of hydrogen-bond donors (Lipinski definition) is 2. The Labute approximate surface area is 98.4 Å². The lowest BCUT2D eigenvalue weighted by atomic mass is 10.1. The largest absolute Gasteiger partial charge is 0.396 e. The van der Waals surface area contributed by atoms with Gasteiger partial charge >= 0.3 is 0 Å². The van der Waals surface area contributed by atoms with Gasteiger partial charge in [0.15, 0.2) is 9.84 Å². The summed E-state index contributed by atoms with van der Waals surface area (Å²) in [5.74, 6) is 0.165. The van der Waals surface area contributed by atoms with Gasteiger partial charge in [0.25, 0.3) is 0 Å². The molecule has 0 saturated heterocycles. The average molecular weight is 249 g/mol. The van der Waals surface area contributed by atoms with E-state index in [0.717, 1.165) is 19.4 Å². The van der Waals surface area contributed by atoms with Gasteiger partial charge in [0.2, 0.25) is 0 Å². The molecule has 4 nitrogen and oxygen atoms in total. The molecule has 1 fully saturated rings. The van der Waals surface area contributed by atoms with Gasteiger partial charge in [0.05, 0.1) is 10.5 Å². The minimum Gasteiger partial charge on any atom is -0.396 e. The van der Waals surface area contributed by atoms with Crippen molar-refractivity contribution in [2.75, 3.05) is 25.4 Å². The molecule has 0 heterocycles. The van der Waals surface area contributed by atoms with Crippen molar-refractivity contribution >= 4 is 9.84 Å². The second-order valence-corrected chi connectivity index (χ2v) is 8.63. The Morgan fingerprint density at radius 1 is 1.31 bits per heavy atom. The van der Waals surface area contributed by atoms with E-state index in [-0.39, 0.29) is 17.8 Å². The molecule has 0 aromatic rings. The number of aliphatic hydroxyl groups excluding tert-OH is 1. The molecule has 1 aliphatic rings. The van der Waals surface area contributed by atoms with Crippen molar-refractivity contribution in [1.82, 2.24) is 5.32 Å². The van der Waals surface area contributed by atoms with Crippen LogP contribution in [0.4, 0.5) is 0 Å². The SMILES string of the molecule is CC(C)(C)S(=O)(=O)CCNCC1(CO)CC1. The Morgan fingerprint density at radius 2 is 1.88 bits per heavy atom. The molecule has 0 aliphatic heterocycles. The van der Waals surface area contributed by atoms with Crippen LogP contribution < -0.4 is 5.32 Å². The van der Waals surface area contributed by atoms with E-state index in [2.05, 4.69) is 5.32 Å². The molecule has 2 N–H and O–H groups in total. The number of rotatable bonds is 6. The third kappa shape index (κ3) is 3.43. The van der Waals surface area contributed by atoms with E-state index in [9.17, 15) is 8.42 Å². The maximum atomic E-state index is 11.8. The van der Waals surface area contributed by atoms with E-state index in [4.69, 9.17) is 5.11 Å². The van der Waals surface area contributed by atoms with Crippen molar-refractivity contribution in [3.63, 3.8) is 0 Å². The van der Waals surface area contributed by atoms with Gasteiger partial charge in [0.1, 0.15) is 0 Å². The summed E-state index contributed by atoms with van der Waals surface area (Å²) in [6, 6.07) is 0. The fourth-order valence-corrected chi connectivity index (χ4v) is 2.46. The van der Waals surface area contributed by atoms with Gasteiger partial charge in [-0.05, 0) is 33.6 Å². The lowest BCUT2D eigenvalue weighted by Crippen LogP contribution is -2.36. The van der Waals surface area contributed by atoms with E-state index in [1.54, 1.807) is 20.8 Å². The second kappa shape index (κ2) is 4.63. The maximum absolute atomic E-state index is 11.8. The average Bonchev–Trinajstić information content (AvgIpc) is 2.91. The molecule has 1 saturated carbocycles. The van der Waals surface area contributed by atoms with E-state index >= 15 is 0 Å². The number of hydrogen-bond acceptors (Lipinski definition) is 4. The molecule has 0 amide bonds. The summed E-state index contributed by atoms with van der Waals surface area (Å²) in [7, 11) is -3.03. The number of nitrogens with one attached hydrogen (secondary N) is 1. The molecule has 0 aromatic carbocycles. The molecule has 16 heavy (non-hydrogen) atoms. The highest BCUT2D eigenvalue weighted by molar-refractivity contribution is 7.92. The molecule has 5 heteroatoms. The smallest absolute Gasteiger partial charge is 0.156 e. The first kappa shape index (κ1) is 13.9. The highest BCUT2D eigenvalue weighted by atomic mass is 32.2. The van der Waals surface area contributed by atoms with Gasteiger partial charge in [-0.1, -0.05) is 0 Å². The summed E-state index contributed by atoms with van der Waals surface area (Å²) >= 11 is 0. The molecule has 1 rings (SSSR count). The first-order valence-corrected chi connectivity index (χ1v) is 7.42. The molecule has 0 unspecified atom stereocenters. The van der Waals surface area contributed by atoms with E-state index in [1.807, 2.05) is 0 Å². The molecule has 0 bridgehead atoms. The predicted octanol–water partition coefficient (Wildman–Crippen LogP) is 0.562. The van der Waals surface area contributed by atoms with Gasteiger partial charge < -0.3 is 10.4 Å². The summed E-state index contributed by atoms with van der Waals surface area (Å²) in [6.45, 7) is 6.56. The minimum atomic E-state index is -3.03. The Morgan fingerprint density at radius 3 is 2.25 bits per heavy atom. The normalized spacial score (nSPS) is 19.8. The van der Waals surface area contributed by atoms with Gasteiger partial charge in [-0.3, -0.25) is 0 Å². The van der Waals surface area contributed by atoms with Crippen molar-refractivity contribution in [3.05, 3.63) is 0 Å². The van der Waals surface area contributed by atoms with Crippen LogP contribution >= 0.6 is 0 Å². The van der Waals surface area contributed by atoms with Gasteiger partial charge in [-0.2, -0.15) is 0 Å². The molecule has 96 valence electrons. The second-order valence-electron chi connectivity index (χ2n) is 5.77. The summed E-state index contributed by atoms with van der Waals surface area (Å²) in [6.07, 6.45) is 2.09. The molecule has 0 radical (unpaired) electrons. The molecule has 0 aromatic heterocycles. The Hall–Kier alpha value is -0.130. The standard InChI is InChI=1S/C11H23NO3S/c1-10(2,3)16(14,15)7-6-12-8-11(9-13)4-5-11/h12-13H,4-9H2,1-3H3. The summed E-state index contributed by atoms with van der Waals surface area (Å²) in [5, 5.41) is 12.2. The van der Waals surface area contributed by atoms with E-state index in [0.29, 0.717) is 6.54 Å². The van der Waals surface area contributed by atoms with Gasteiger partial charge in [0, 0.05) is 25.1 Å². The molecular weight excluding hydrogens is 226 g/mol. The first-order chi connectivity index (χ1) is 7.22. The zero-order valence-electron chi connectivity index (χ0n) is 10.4. The van der Waals surface area contributed by atoms with Crippen LogP contribution in [0.1, 0.15) is 33.6 Å². The van der Waals surface area contributed by atoms with Gasteiger partial charge in [-0.25, -0.2) is 8.42 Å². The zero-order valence-corrected chi connectivity index (χ0v) is 11.2. The van der Waals surface area contributed by atoms with Crippen LogP contribution in [0.15, 0.2) is 0 Å². The van der Waals surface area contributed by atoms with Crippen LogP contribution in [-0.4, -0.2) is 43.7 Å². The Balaban J connectivity index is 2.26. The van der Waals surface area contributed by atoms with Crippen LogP contribution in [0, 0.1) is 5.41 Å². The summed E-state index contributed by atoms with van der Waals surface area (Å²) in [4.78, 5) is 0. The predicted molar refractivity (Wildman–Crippen MR) is 65.2 cm³/mol. The quantitative estimate of drug-likeness (QED) is 0.675. The third-order valence-electron chi connectivity index (χ3n) is 3.27. The van der Waals surface area contributed by atoms with Crippen molar-refractivity contribution in [3.8, 4) is 0 Å². The molecular formula is C11H23NO3S. The van der Waals surface area contributed by atoms with Crippen molar-refractivity contribution in [2.24, 2.45) is 5.41 Å². The monoisotopic (exact) mass is 249 g/mol. The molecule has 1 aliphatic carbocycles. The lowest BCUT2D eigenvalue weighted by Gasteiger charge is -2.20. The number of aliphatic hydroxyl groups is 1. The lowest BCUT2D eigenvalue weighted by molar-refractivity contribution is 0.208. The highest BCUT2D eigenvalue weighted by Crippen LogP contribution is 2.44. The Kier molecular flexibility index (Phi) is 4.03. The number of sulfone groups is 1. The zero-order chi connectivity index (χ0) is 12.4. The first-order valence-electron chi connectivity index (χ1n) is 5.76. The van der Waals surface area contributed by atoms with Gasteiger partial charge in [-0.15, -0.1) is 0 Å². The molecule has 0 atom stereocenters. The van der Waals surface area contributed by atoms with Crippen molar-refractivity contribution < 1.29 is 13.5 Å². The van der Waals surface area contributed by atoms with E-state index < -0.39 is 14.6 Å². The third-order valence-corrected chi connectivity index (χ3v) is 5.88. The fraction of sp³-hybridized carbons (Fsp3) is 1.00.